The molecule has 2 heteroatoms. The van der Waals surface area contributed by atoms with Gasteiger partial charge in [-0.25, -0.2) is 0 Å². The van der Waals surface area contributed by atoms with Crippen LogP contribution in [0, 0.1) is 23.2 Å². The third-order valence-corrected chi connectivity index (χ3v) is 4.01. The highest BCUT2D eigenvalue weighted by Gasteiger charge is 2.48. The number of ether oxygens (including phenoxy) is 1. The molecule has 1 unspecified atom stereocenters. The molecule has 4 atom stereocenters. The zero-order valence-corrected chi connectivity index (χ0v) is 12.7. The van der Waals surface area contributed by atoms with Gasteiger partial charge in [0.15, 0.2) is 0 Å². The van der Waals surface area contributed by atoms with E-state index in [1.165, 1.54) is 6.42 Å². The van der Waals surface area contributed by atoms with E-state index in [0.29, 0.717) is 17.9 Å². The molecular formula is C15H31NO. The summed E-state index contributed by atoms with van der Waals surface area (Å²) in [5.41, 5.74) is 6.60. The molecule has 0 aromatic carbocycles. The lowest BCUT2D eigenvalue weighted by atomic mass is 9.85. The van der Waals surface area contributed by atoms with E-state index < -0.39 is 0 Å². The Bertz CT molecular complexity index is 249. The van der Waals surface area contributed by atoms with Crippen LogP contribution in [-0.2, 0) is 4.74 Å². The van der Waals surface area contributed by atoms with Crippen molar-refractivity contribution in [2.45, 2.75) is 66.5 Å². The molecule has 1 aliphatic carbocycles. The van der Waals surface area contributed by atoms with E-state index in [1.54, 1.807) is 0 Å². The van der Waals surface area contributed by atoms with E-state index in [9.17, 15) is 0 Å². The Morgan fingerprint density at radius 3 is 2.06 bits per heavy atom. The van der Waals surface area contributed by atoms with Crippen LogP contribution in [0.1, 0.15) is 54.9 Å². The second kappa shape index (κ2) is 4.89. The lowest BCUT2D eigenvalue weighted by Crippen LogP contribution is -2.38. The zero-order valence-electron chi connectivity index (χ0n) is 12.7. The highest BCUT2D eigenvalue weighted by atomic mass is 16.5. The van der Waals surface area contributed by atoms with Crippen molar-refractivity contribution >= 4 is 0 Å². The lowest BCUT2D eigenvalue weighted by Gasteiger charge is -2.27. The lowest BCUT2D eigenvalue weighted by molar-refractivity contribution is -0.0175. The maximum Gasteiger partial charge on any atom is 0.0627 e. The van der Waals surface area contributed by atoms with Crippen molar-refractivity contribution in [3.63, 3.8) is 0 Å². The van der Waals surface area contributed by atoms with Gasteiger partial charge in [-0.05, 0) is 50.4 Å². The van der Waals surface area contributed by atoms with E-state index in [-0.39, 0.29) is 11.6 Å². The Morgan fingerprint density at radius 1 is 1.18 bits per heavy atom. The van der Waals surface area contributed by atoms with Crippen molar-refractivity contribution in [2.24, 2.45) is 28.9 Å². The van der Waals surface area contributed by atoms with Crippen LogP contribution < -0.4 is 5.73 Å². The first-order chi connectivity index (χ1) is 7.52. The molecule has 0 bridgehead atoms. The van der Waals surface area contributed by atoms with Gasteiger partial charge >= 0.3 is 0 Å². The summed E-state index contributed by atoms with van der Waals surface area (Å²) in [6.07, 6.45) is 1.34. The summed E-state index contributed by atoms with van der Waals surface area (Å²) in [7, 11) is 0. The molecule has 0 amide bonds. The second-order valence-corrected chi connectivity index (χ2v) is 7.82. The van der Waals surface area contributed by atoms with Crippen LogP contribution in [0.3, 0.4) is 0 Å². The summed E-state index contributed by atoms with van der Waals surface area (Å²) in [6.45, 7) is 16.2. The topological polar surface area (TPSA) is 35.2 Å². The van der Waals surface area contributed by atoms with Crippen LogP contribution in [0.25, 0.3) is 0 Å². The number of hydrogen-bond donors (Lipinski definition) is 1. The first kappa shape index (κ1) is 15.0. The molecule has 102 valence electrons. The van der Waals surface area contributed by atoms with Crippen LogP contribution in [0.5, 0.6) is 0 Å². The van der Waals surface area contributed by atoms with Crippen LogP contribution in [0.2, 0.25) is 0 Å². The molecular weight excluding hydrogens is 210 g/mol. The fourth-order valence-corrected chi connectivity index (χ4v) is 2.61. The molecule has 0 aliphatic heterocycles. The predicted molar refractivity (Wildman–Crippen MR) is 73.9 cm³/mol. The van der Waals surface area contributed by atoms with Crippen LogP contribution >= 0.6 is 0 Å². The third kappa shape index (κ3) is 4.59. The highest BCUT2D eigenvalue weighted by Crippen LogP contribution is 2.54. The minimum Gasteiger partial charge on any atom is -0.374 e. The third-order valence-electron chi connectivity index (χ3n) is 4.01. The molecule has 1 fully saturated rings. The highest BCUT2D eigenvalue weighted by molar-refractivity contribution is 4.98. The number of rotatable bonds is 4. The smallest absolute Gasteiger partial charge is 0.0627 e. The van der Waals surface area contributed by atoms with E-state index in [1.807, 2.05) is 0 Å². The SMILES string of the molecule is C[C@H]([C@@H](N)COC(C)(C)C)[C@H]1CC1C(C)(C)C. The maximum absolute atomic E-state index is 6.25. The van der Waals surface area contributed by atoms with Gasteiger partial charge in [0, 0.05) is 6.04 Å². The molecule has 0 radical (unpaired) electrons. The molecule has 1 aliphatic rings. The summed E-state index contributed by atoms with van der Waals surface area (Å²) >= 11 is 0. The Balaban J connectivity index is 2.37. The predicted octanol–water partition coefficient (Wildman–Crippen LogP) is 3.45. The number of hydrogen-bond acceptors (Lipinski definition) is 2. The van der Waals surface area contributed by atoms with Crippen LogP contribution in [-0.4, -0.2) is 18.2 Å². The van der Waals surface area contributed by atoms with Crippen LogP contribution in [0.15, 0.2) is 0 Å². The fraction of sp³-hybridized carbons (Fsp3) is 1.00. The van der Waals surface area contributed by atoms with Gasteiger partial charge in [0.2, 0.25) is 0 Å². The monoisotopic (exact) mass is 241 g/mol. The van der Waals surface area contributed by atoms with Gasteiger partial charge in [-0.15, -0.1) is 0 Å². The first-order valence-corrected chi connectivity index (χ1v) is 6.92. The molecule has 0 saturated heterocycles. The minimum atomic E-state index is -0.0790. The molecule has 17 heavy (non-hydrogen) atoms. The molecule has 0 spiro atoms. The largest absolute Gasteiger partial charge is 0.374 e. The standard InChI is InChI=1S/C15H31NO/c1-10(11-8-12(11)14(2,3)4)13(16)9-17-15(5,6)7/h10-13H,8-9,16H2,1-7H3/t10-,11+,12?,13-/m0/s1. The summed E-state index contributed by atoms with van der Waals surface area (Å²) in [4.78, 5) is 0. The fourth-order valence-electron chi connectivity index (χ4n) is 2.61. The summed E-state index contributed by atoms with van der Waals surface area (Å²) in [5, 5.41) is 0. The van der Waals surface area contributed by atoms with E-state index in [2.05, 4.69) is 48.5 Å². The quantitative estimate of drug-likeness (QED) is 0.818. The van der Waals surface area contributed by atoms with Crippen molar-refractivity contribution in [1.82, 2.24) is 0 Å². The van der Waals surface area contributed by atoms with Crippen molar-refractivity contribution < 1.29 is 4.74 Å². The van der Waals surface area contributed by atoms with Gasteiger partial charge in [0.05, 0.1) is 12.2 Å². The average Bonchev–Trinajstić information content (AvgIpc) is 2.90. The molecule has 1 saturated carbocycles. The molecule has 1 rings (SSSR count). The molecule has 0 aromatic heterocycles. The summed E-state index contributed by atoms with van der Waals surface area (Å²) < 4.78 is 5.79. The van der Waals surface area contributed by atoms with Gasteiger partial charge in [-0.1, -0.05) is 27.7 Å². The normalized spacial score (nSPS) is 28.9. The van der Waals surface area contributed by atoms with Gasteiger partial charge in [0.25, 0.3) is 0 Å². The van der Waals surface area contributed by atoms with Gasteiger partial charge in [-0.3, -0.25) is 0 Å². The average molecular weight is 241 g/mol. The van der Waals surface area contributed by atoms with Crippen molar-refractivity contribution in [2.75, 3.05) is 6.61 Å². The zero-order chi connectivity index (χ0) is 13.4. The van der Waals surface area contributed by atoms with E-state index in [0.717, 1.165) is 11.8 Å². The molecule has 2 N–H and O–H groups in total. The van der Waals surface area contributed by atoms with E-state index >= 15 is 0 Å². The second-order valence-electron chi connectivity index (χ2n) is 7.82. The Kier molecular flexibility index (Phi) is 4.31. The first-order valence-electron chi connectivity index (χ1n) is 6.92. The Morgan fingerprint density at radius 2 is 1.71 bits per heavy atom. The Labute approximate surface area is 107 Å². The van der Waals surface area contributed by atoms with Gasteiger partial charge in [-0.2, -0.15) is 0 Å². The van der Waals surface area contributed by atoms with Gasteiger partial charge < -0.3 is 10.5 Å². The maximum atomic E-state index is 6.25. The number of nitrogens with two attached hydrogens (primary N) is 1. The van der Waals surface area contributed by atoms with Crippen molar-refractivity contribution in [3.8, 4) is 0 Å². The van der Waals surface area contributed by atoms with E-state index in [4.69, 9.17) is 10.5 Å². The molecule has 0 heterocycles. The van der Waals surface area contributed by atoms with Gasteiger partial charge in [0.1, 0.15) is 0 Å². The Hall–Kier alpha value is -0.0800. The van der Waals surface area contributed by atoms with Crippen molar-refractivity contribution in [3.05, 3.63) is 0 Å². The molecule has 0 aromatic rings. The van der Waals surface area contributed by atoms with Crippen molar-refractivity contribution in [1.29, 1.82) is 0 Å². The summed E-state index contributed by atoms with van der Waals surface area (Å²) in [5.74, 6) is 2.22. The summed E-state index contributed by atoms with van der Waals surface area (Å²) in [6, 6.07) is 0.173. The van der Waals surface area contributed by atoms with Crippen LogP contribution in [0.4, 0.5) is 0 Å². The molecule has 2 nitrogen and oxygen atoms in total. The minimum absolute atomic E-state index is 0.0790.